The van der Waals surface area contributed by atoms with Crippen molar-refractivity contribution in [1.82, 2.24) is 4.57 Å². The van der Waals surface area contributed by atoms with E-state index < -0.39 is 10.8 Å². The number of amides is 1. The van der Waals surface area contributed by atoms with E-state index in [4.69, 9.17) is 0 Å². The van der Waals surface area contributed by atoms with Crippen molar-refractivity contribution in [3.63, 3.8) is 0 Å². The van der Waals surface area contributed by atoms with Crippen molar-refractivity contribution in [2.75, 3.05) is 11.9 Å². The molecule has 1 amide bonds. The third-order valence-corrected chi connectivity index (χ3v) is 7.73. The van der Waals surface area contributed by atoms with Crippen LogP contribution in [0.15, 0.2) is 59.4 Å². The van der Waals surface area contributed by atoms with Crippen LogP contribution in [0.2, 0.25) is 0 Å². The number of hydrogen-bond acceptors (Lipinski definition) is 4. The zero-order chi connectivity index (χ0) is 27.0. The van der Waals surface area contributed by atoms with Gasteiger partial charge in [-0.25, -0.2) is 0 Å². The standard InChI is InChI=1S/C30H31N3O4/c1-18-19(2)21(4)26(22(5)20(18)3)15-16-32-28-10-8-7-9-23(28)17-27(30(32)35)29(34)31(6)24-11-13-25(14-12-24)33(36)37/h7-14,17H,15-16H2,1-6H3. The van der Waals surface area contributed by atoms with Crippen LogP contribution in [-0.2, 0) is 13.0 Å². The number of rotatable bonds is 6. The molecule has 0 bridgehead atoms. The molecule has 0 aliphatic carbocycles. The molecular weight excluding hydrogens is 466 g/mol. The number of nitro groups is 1. The van der Waals surface area contributed by atoms with Crippen molar-refractivity contribution in [3.8, 4) is 0 Å². The number of benzene rings is 3. The summed E-state index contributed by atoms with van der Waals surface area (Å²) >= 11 is 0. The first kappa shape index (κ1) is 25.8. The molecule has 1 aromatic heterocycles. The van der Waals surface area contributed by atoms with Gasteiger partial charge in [-0.1, -0.05) is 18.2 Å². The topological polar surface area (TPSA) is 85.5 Å². The van der Waals surface area contributed by atoms with Crippen LogP contribution >= 0.6 is 0 Å². The van der Waals surface area contributed by atoms with Crippen molar-refractivity contribution in [3.05, 3.63) is 114 Å². The Hall–Kier alpha value is -4.26. The third kappa shape index (κ3) is 4.65. The van der Waals surface area contributed by atoms with Gasteiger partial charge < -0.3 is 9.47 Å². The molecule has 0 aliphatic heterocycles. The lowest BCUT2D eigenvalue weighted by molar-refractivity contribution is -0.384. The molecule has 0 N–H and O–H groups in total. The molecule has 4 rings (SSSR count). The van der Waals surface area contributed by atoms with Gasteiger partial charge in [0.05, 0.1) is 10.4 Å². The lowest BCUT2D eigenvalue weighted by atomic mass is 9.88. The number of nitro benzene ring substituents is 1. The van der Waals surface area contributed by atoms with Gasteiger partial charge in [-0.2, -0.15) is 0 Å². The number of hydrogen-bond donors (Lipinski definition) is 0. The summed E-state index contributed by atoms with van der Waals surface area (Å²) in [6.07, 6.45) is 0.666. The zero-order valence-corrected chi connectivity index (χ0v) is 22.1. The van der Waals surface area contributed by atoms with Crippen molar-refractivity contribution in [2.24, 2.45) is 0 Å². The maximum Gasteiger partial charge on any atom is 0.269 e. The SMILES string of the molecule is Cc1c(C)c(C)c(CCn2c(=O)c(C(=O)N(C)c3ccc([N+](=O)[O-])cc3)cc3ccccc32)c(C)c1C. The van der Waals surface area contributed by atoms with Gasteiger partial charge in [0.25, 0.3) is 17.2 Å². The quantitative estimate of drug-likeness (QED) is 0.243. The smallest absolute Gasteiger partial charge is 0.269 e. The second-order valence-electron chi connectivity index (χ2n) is 9.56. The molecule has 7 heteroatoms. The molecular formula is C30H31N3O4. The molecule has 37 heavy (non-hydrogen) atoms. The Morgan fingerprint density at radius 2 is 1.46 bits per heavy atom. The van der Waals surface area contributed by atoms with E-state index in [9.17, 15) is 19.7 Å². The minimum absolute atomic E-state index is 0.0595. The van der Waals surface area contributed by atoms with Gasteiger partial charge in [0.15, 0.2) is 0 Å². The molecule has 0 fully saturated rings. The van der Waals surface area contributed by atoms with Crippen LogP contribution in [0.25, 0.3) is 10.9 Å². The monoisotopic (exact) mass is 497 g/mol. The summed E-state index contributed by atoms with van der Waals surface area (Å²) < 4.78 is 1.69. The molecule has 0 spiro atoms. The van der Waals surface area contributed by atoms with E-state index in [1.165, 1.54) is 62.5 Å². The van der Waals surface area contributed by atoms with Crippen molar-refractivity contribution in [2.45, 2.75) is 47.6 Å². The van der Waals surface area contributed by atoms with Gasteiger partial charge in [0.2, 0.25) is 0 Å². The van der Waals surface area contributed by atoms with Crippen LogP contribution in [0, 0.1) is 44.7 Å². The maximum atomic E-state index is 13.7. The first-order valence-corrected chi connectivity index (χ1v) is 12.2. The molecule has 190 valence electrons. The number of carbonyl (C=O) groups is 1. The number of aromatic nitrogens is 1. The van der Waals surface area contributed by atoms with E-state index in [1.54, 1.807) is 17.7 Å². The highest BCUT2D eigenvalue weighted by Gasteiger charge is 2.21. The van der Waals surface area contributed by atoms with E-state index in [0.717, 1.165) is 10.9 Å². The van der Waals surface area contributed by atoms with Crippen LogP contribution in [0.1, 0.15) is 43.7 Å². The molecule has 0 radical (unpaired) electrons. The van der Waals surface area contributed by atoms with Gasteiger partial charge >= 0.3 is 0 Å². The van der Waals surface area contributed by atoms with Crippen LogP contribution in [0.4, 0.5) is 11.4 Å². The number of aryl methyl sites for hydroxylation is 1. The Morgan fingerprint density at radius 1 is 0.892 bits per heavy atom. The van der Waals surface area contributed by atoms with Crippen LogP contribution in [0.3, 0.4) is 0 Å². The number of nitrogens with zero attached hydrogens (tertiary/aromatic N) is 3. The van der Waals surface area contributed by atoms with Gasteiger partial charge in [-0.15, -0.1) is 0 Å². The molecule has 1 heterocycles. The predicted octanol–water partition coefficient (Wildman–Crippen LogP) is 5.97. The van der Waals surface area contributed by atoms with Gasteiger partial charge in [0, 0.05) is 31.4 Å². The Morgan fingerprint density at radius 3 is 2.05 bits per heavy atom. The average molecular weight is 498 g/mol. The third-order valence-electron chi connectivity index (χ3n) is 7.73. The Labute approximate surface area is 216 Å². The highest BCUT2D eigenvalue weighted by molar-refractivity contribution is 6.07. The Kier molecular flexibility index (Phi) is 6.99. The molecule has 0 atom stereocenters. The molecule has 3 aromatic carbocycles. The Balaban J connectivity index is 1.76. The number of para-hydroxylation sites is 1. The summed E-state index contributed by atoms with van der Waals surface area (Å²) in [6, 6.07) is 14.9. The number of fused-ring (bicyclic) bond motifs is 1. The van der Waals surface area contributed by atoms with E-state index >= 15 is 0 Å². The summed E-state index contributed by atoms with van der Waals surface area (Å²) in [5, 5.41) is 11.8. The van der Waals surface area contributed by atoms with Crippen molar-refractivity contribution < 1.29 is 9.72 Å². The number of non-ortho nitro benzene ring substituents is 1. The first-order chi connectivity index (χ1) is 17.5. The second-order valence-corrected chi connectivity index (χ2v) is 9.56. The van der Waals surface area contributed by atoms with Gasteiger partial charge in [0.1, 0.15) is 5.56 Å². The fourth-order valence-corrected chi connectivity index (χ4v) is 4.97. The van der Waals surface area contributed by atoms with Crippen LogP contribution in [-0.4, -0.2) is 22.4 Å². The fourth-order valence-electron chi connectivity index (χ4n) is 4.97. The van der Waals surface area contributed by atoms with Crippen LogP contribution in [0.5, 0.6) is 0 Å². The lowest BCUT2D eigenvalue weighted by Gasteiger charge is -2.21. The van der Waals surface area contributed by atoms with E-state index in [2.05, 4.69) is 34.6 Å². The van der Waals surface area contributed by atoms with E-state index in [-0.39, 0.29) is 16.8 Å². The van der Waals surface area contributed by atoms with E-state index in [0.29, 0.717) is 18.7 Å². The zero-order valence-electron chi connectivity index (χ0n) is 22.1. The molecule has 0 saturated carbocycles. The van der Waals surface area contributed by atoms with Gasteiger partial charge in [-0.3, -0.25) is 19.7 Å². The van der Waals surface area contributed by atoms with Crippen molar-refractivity contribution in [1.29, 1.82) is 0 Å². The predicted molar refractivity (Wildman–Crippen MR) is 148 cm³/mol. The van der Waals surface area contributed by atoms with E-state index in [1.807, 2.05) is 24.3 Å². The normalized spacial score (nSPS) is 11.1. The number of pyridine rings is 1. The summed E-state index contributed by atoms with van der Waals surface area (Å²) in [5.41, 5.74) is 8.42. The largest absolute Gasteiger partial charge is 0.311 e. The van der Waals surface area contributed by atoms with Gasteiger partial charge in [-0.05, 0) is 104 Å². The summed E-state index contributed by atoms with van der Waals surface area (Å²) in [4.78, 5) is 39.0. The molecule has 7 nitrogen and oxygen atoms in total. The summed E-state index contributed by atoms with van der Waals surface area (Å²) in [6.45, 7) is 11.1. The average Bonchev–Trinajstić information content (AvgIpc) is 2.90. The molecule has 0 saturated heterocycles. The highest BCUT2D eigenvalue weighted by Crippen LogP contribution is 2.27. The first-order valence-electron chi connectivity index (χ1n) is 12.2. The second kappa shape index (κ2) is 10.0. The Bertz CT molecular complexity index is 1570. The highest BCUT2D eigenvalue weighted by atomic mass is 16.6. The minimum Gasteiger partial charge on any atom is -0.311 e. The van der Waals surface area contributed by atoms with Crippen LogP contribution < -0.4 is 10.5 Å². The molecule has 4 aromatic rings. The number of carbonyl (C=O) groups excluding carboxylic acids is 1. The maximum absolute atomic E-state index is 13.7. The fraction of sp³-hybridized carbons (Fsp3) is 0.267. The van der Waals surface area contributed by atoms with Crippen molar-refractivity contribution >= 4 is 28.2 Å². The summed E-state index contributed by atoms with van der Waals surface area (Å²) in [5.74, 6) is -0.465. The molecule has 0 aliphatic rings. The lowest BCUT2D eigenvalue weighted by Crippen LogP contribution is -2.35. The summed E-state index contributed by atoms with van der Waals surface area (Å²) in [7, 11) is 1.56. The molecule has 0 unspecified atom stereocenters. The number of anilines is 1. The minimum atomic E-state index is -0.492.